The van der Waals surface area contributed by atoms with E-state index in [-0.39, 0.29) is 16.7 Å². The molecule has 0 radical (unpaired) electrons. The van der Waals surface area contributed by atoms with Crippen LogP contribution >= 0.6 is 23.5 Å². The lowest BCUT2D eigenvalue weighted by atomic mass is 9.57. The average molecular weight is 973 g/mol. The Morgan fingerprint density at radius 3 is 1.44 bits per heavy atom. The zero-order chi connectivity index (χ0) is 49.0. The largest absolute Gasteiger partial charge is 0.308 e. The quantitative estimate of drug-likeness (QED) is 0.173. The van der Waals surface area contributed by atoms with Crippen LogP contribution in [0.1, 0.15) is 79.1 Å². The standard InChI is InChI=1S/C69H52N2S2/c1-67(2)52-20-8-6-18-46(52)48-34-30-42(38-55(48)67)66-50-36-32-45(71-60-24-12-16-28-64(60)73-65-29-17-13-25-61(65)71)41-57(50)69(5,43-31-35-49-47-19-7-9-21-53(47)68(3,4)56(49)39-43)54-37-33-44(40-51(54)66)70-58-22-10-14-26-62(58)72-63-27-15-11-23-59(63)70/h6-41,54H,1-5H3. The van der Waals surface area contributed by atoms with Gasteiger partial charge >= 0.3 is 0 Å². The first kappa shape index (κ1) is 43.1. The van der Waals surface area contributed by atoms with E-state index in [1.807, 2.05) is 23.5 Å². The third-order valence-electron chi connectivity index (χ3n) is 17.3. The van der Waals surface area contributed by atoms with Crippen LogP contribution in [0.2, 0.25) is 0 Å². The van der Waals surface area contributed by atoms with Crippen LogP contribution in [-0.2, 0) is 16.2 Å². The zero-order valence-electron chi connectivity index (χ0n) is 41.6. The third kappa shape index (κ3) is 6.02. The molecule has 6 aliphatic rings. The molecule has 9 aromatic rings. The van der Waals surface area contributed by atoms with Gasteiger partial charge in [0, 0.05) is 53.1 Å². The summed E-state index contributed by atoms with van der Waals surface area (Å²) in [4.78, 5) is 10.1. The smallest absolute Gasteiger partial charge is 0.0601 e. The number of fused-ring (bicyclic) bond motifs is 12. The maximum Gasteiger partial charge on any atom is 0.0601 e. The van der Waals surface area contributed by atoms with Crippen molar-refractivity contribution in [2.45, 2.75) is 70.4 Å². The molecule has 4 heteroatoms. The molecule has 4 aliphatic carbocycles. The highest BCUT2D eigenvalue weighted by Gasteiger charge is 2.48. The predicted molar refractivity (Wildman–Crippen MR) is 306 cm³/mol. The van der Waals surface area contributed by atoms with Crippen LogP contribution in [0, 0.1) is 5.92 Å². The predicted octanol–water partition coefficient (Wildman–Crippen LogP) is 18.7. The first-order chi connectivity index (χ1) is 35.6. The third-order valence-corrected chi connectivity index (χ3v) is 19.5. The summed E-state index contributed by atoms with van der Waals surface area (Å²) in [5.74, 6) is -0.0152. The Labute approximate surface area is 437 Å². The number of rotatable bonds is 4. The number of anilines is 5. The number of hydrogen-bond donors (Lipinski definition) is 0. The first-order valence-corrected chi connectivity index (χ1v) is 27.3. The second-order valence-electron chi connectivity index (χ2n) is 21.8. The van der Waals surface area contributed by atoms with E-state index in [4.69, 9.17) is 0 Å². The lowest BCUT2D eigenvalue weighted by molar-refractivity contribution is 0.460. The number of nitrogens with zero attached hydrogens (tertiary/aromatic N) is 2. The summed E-state index contributed by atoms with van der Waals surface area (Å²) in [6.45, 7) is 12.2. The van der Waals surface area contributed by atoms with Crippen molar-refractivity contribution in [3.8, 4) is 22.3 Å². The van der Waals surface area contributed by atoms with Gasteiger partial charge in [-0.1, -0.05) is 198 Å². The minimum Gasteiger partial charge on any atom is -0.308 e. The van der Waals surface area contributed by atoms with Crippen molar-refractivity contribution in [1.29, 1.82) is 0 Å². The van der Waals surface area contributed by atoms with E-state index in [1.165, 1.54) is 132 Å². The van der Waals surface area contributed by atoms with Crippen molar-refractivity contribution < 1.29 is 0 Å². The Kier molecular flexibility index (Phi) is 9.16. The molecule has 15 rings (SSSR count). The fourth-order valence-electron chi connectivity index (χ4n) is 13.6. The highest BCUT2D eigenvalue weighted by Crippen LogP contribution is 2.61. The minimum absolute atomic E-state index is 0.0152. The molecule has 0 saturated heterocycles. The number of para-hydroxylation sites is 4. The van der Waals surface area contributed by atoms with Crippen molar-refractivity contribution in [2.75, 3.05) is 9.80 Å². The van der Waals surface area contributed by atoms with E-state index in [0.29, 0.717) is 0 Å². The van der Waals surface area contributed by atoms with Gasteiger partial charge in [0.25, 0.3) is 0 Å². The average Bonchev–Trinajstić information content (AvgIpc) is 3.80. The molecule has 0 amide bonds. The van der Waals surface area contributed by atoms with Gasteiger partial charge in [-0.25, -0.2) is 0 Å². The molecule has 0 fully saturated rings. The van der Waals surface area contributed by atoms with Gasteiger partial charge < -0.3 is 9.80 Å². The summed E-state index contributed by atoms with van der Waals surface area (Å²) in [6, 6.07) is 76.0. The summed E-state index contributed by atoms with van der Waals surface area (Å²) in [6.07, 6.45) is 7.56. The van der Waals surface area contributed by atoms with Crippen molar-refractivity contribution >= 4 is 57.5 Å². The van der Waals surface area contributed by atoms with Crippen molar-refractivity contribution in [2.24, 2.45) is 5.92 Å². The molecule has 2 heterocycles. The number of benzene rings is 9. The first-order valence-electron chi connectivity index (χ1n) is 25.7. The monoisotopic (exact) mass is 972 g/mol. The molecule has 9 aromatic carbocycles. The SMILES string of the molecule is CC1(C)c2ccccc2-c2ccc(C3=C4C=C(N5c6ccccc6Sc6ccccc65)C=CC4C(C)(c4ccc5c(c4)C(C)(C)c4ccccc4-5)c4cc(N5c6ccccc6Sc6ccccc65)ccc43)cc21. The van der Waals surface area contributed by atoms with Gasteiger partial charge in [0.15, 0.2) is 0 Å². The normalized spacial score (nSPS) is 19.5. The number of hydrogen-bond acceptors (Lipinski definition) is 4. The van der Waals surface area contributed by atoms with Gasteiger partial charge in [-0.15, -0.1) is 0 Å². The molecule has 0 saturated carbocycles. The maximum atomic E-state index is 2.59. The Hall–Kier alpha value is -7.50. The van der Waals surface area contributed by atoms with E-state index in [0.717, 1.165) is 0 Å². The van der Waals surface area contributed by atoms with Crippen molar-refractivity contribution in [3.63, 3.8) is 0 Å². The van der Waals surface area contributed by atoms with E-state index < -0.39 is 5.41 Å². The van der Waals surface area contributed by atoms with Gasteiger partial charge in [-0.2, -0.15) is 0 Å². The van der Waals surface area contributed by atoms with Crippen LogP contribution in [-0.4, -0.2) is 0 Å². The molecular formula is C69H52N2S2. The van der Waals surface area contributed by atoms with E-state index in [2.05, 4.69) is 263 Å². The van der Waals surface area contributed by atoms with Gasteiger partial charge in [0.2, 0.25) is 0 Å². The van der Waals surface area contributed by atoms with Crippen LogP contribution in [0.4, 0.5) is 28.4 Å². The lowest BCUT2D eigenvalue weighted by Gasteiger charge is -2.47. The molecule has 0 aromatic heterocycles. The van der Waals surface area contributed by atoms with Crippen molar-refractivity contribution in [3.05, 3.63) is 274 Å². The molecule has 0 bridgehead atoms. The summed E-state index contributed by atoms with van der Waals surface area (Å²) in [5, 5.41) is 0. The Morgan fingerprint density at radius 1 is 0.397 bits per heavy atom. The van der Waals surface area contributed by atoms with E-state index >= 15 is 0 Å². The highest BCUT2D eigenvalue weighted by molar-refractivity contribution is 8.00. The Balaban J connectivity index is 1.02. The maximum absolute atomic E-state index is 2.59. The van der Waals surface area contributed by atoms with Crippen LogP contribution in [0.15, 0.2) is 249 Å². The summed E-state index contributed by atoms with van der Waals surface area (Å²) >= 11 is 3.73. The topological polar surface area (TPSA) is 6.48 Å². The minimum atomic E-state index is -0.494. The van der Waals surface area contributed by atoms with Gasteiger partial charge in [0.05, 0.1) is 22.7 Å². The summed E-state index contributed by atoms with van der Waals surface area (Å²) in [7, 11) is 0. The molecule has 73 heavy (non-hydrogen) atoms. The van der Waals surface area contributed by atoms with Gasteiger partial charge in [-0.3, -0.25) is 0 Å². The zero-order valence-corrected chi connectivity index (χ0v) is 43.2. The molecule has 2 unspecified atom stereocenters. The molecular weight excluding hydrogens is 921 g/mol. The molecule has 2 nitrogen and oxygen atoms in total. The van der Waals surface area contributed by atoms with Crippen LogP contribution in [0.5, 0.6) is 0 Å². The van der Waals surface area contributed by atoms with Gasteiger partial charge in [-0.05, 0) is 157 Å². The van der Waals surface area contributed by atoms with E-state index in [9.17, 15) is 0 Å². The van der Waals surface area contributed by atoms with Crippen molar-refractivity contribution in [1.82, 2.24) is 0 Å². The molecule has 350 valence electrons. The van der Waals surface area contributed by atoms with Gasteiger partial charge in [0.1, 0.15) is 0 Å². The molecule has 0 spiro atoms. The second-order valence-corrected chi connectivity index (χ2v) is 23.9. The van der Waals surface area contributed by atoms with Crippen LogP contribution in [0.25, 0.3) is 27.8 Å². The summed E-state index contributed by atoms with van der Waals surface area (Å²) < 4.78 is 0. The second kappa shape index (κ2) is 15.5. The number of allylic oxidation sites excluding steroid dienone is 4. The summed E-state index contributed by atoms with van der Waals surface area (Å²) in [5.41, 5.74) is 25.2. The Bertz CT molecular complexity index is 3890. The fraction of sp³-hybridized carbons (Fsp3) is 0.130. The van der Waals surface area contributed by atoms with Crippen LogP contribution in [0.3, 0.4) is 0 Å². The van der Waals surface area contributed by atoms with Crippen LogP contribution < -0.4 is 9.80 Å². The Morgan fingerprint density at radius 2 is 0.863 bits per heavy atom. The molecule has 2 aliphatic heterocycles. The molecule has 0 N–H and O–H groups in total. The highest BCUT2D eigenvalue weighted by atomic mass is 32.2. The van der Waals surface area contributed by atoms with E-state index in [1.54, 1.807) is 0 Å². The lowest BCUT2D eigenvalue weighted by Crippen LogP contribution is -2.39. The fourth-order valence-corrected chi connectivity index (χ4v) is 15.7. The molecule has 2 atom stereocenters.